The van der Waals surface area contributed by atoms with E-state index < -0.39 is 5.41 Å². The van der Waals surface area contributed by atoms with Crippen LogP contribution in [0.4, 0.5) is 16.0 Å². The van der Waals surface area contributed by atoms with Crippen LogP contribution in [0, 0.1) is 5.82 Å². The summed E-state index contributed by atoms with van der Waals surface area (Å²) < 4.78 is 21.7. The number of nitrogens with one attached hydrogen (secondary N) is 2. The number of amides is 1. The van der Waals surface area contributed by atoms with Crippen molar-refractivity contribution in [2.45, 2.75) is 44.7 Å². The minimum absolute atomic E-state index is 0.0779. The zero-order chi connectivity index (χ0) is 24.9. The van der Waals surface area contributed by atoms with Crippen LogP contribution in [0.25, 0.3) is 22.6 Å². The molecule has 184 valence electrons. The van der Waals surface area contributed by atoms with Crippen LogP contribution >= 0.6 is 0 Å². The zero-order valence-electron chi connectivity index (χ0n) is 20.1. The average Bonchev–Trinajstić information content (AvgIpc) is 3.35. The summed E-state index contributed by atoms with van der Waals surface area (Å²) in [4.78, 5) is 26.9. The molecule has 1 amide bonds. The Kier molecular flexibility index (Phi) is 5.40. The second-order valence-electron chi connectivity index (χ2n) is 9.73. The maximum Gasteiger partial charge on any atom is 0.235 e. The Balaban J connectivity index is 1.48. The molecule has 2 aliphatic rings. The van der Waals surface area contributed by atoms with Crippen molar-refractivity contribution in [3.63, 3.8) is 0 Å². The lowest BCUT2D eigenvalue weighted by atomic mass is 9.87. The van der Waals surface area contributed by atoms with E-state index in [1.807, 2.05) is 26.0 Å². The maximum absolute atomic E-state index is 14.4. The number of aromatic nitrogens is 5. The number of rotatable bonds is 5. The quantitative estimate of drug-likeness (QED) is 0.440. The number of ether oxygens (including phenoxy) is 1. The highest BCUT2D eigenvalue weighted by atomic mass is 19.1. The van der Waals surface area contributed by atoms with Crippen LogP contribution in [0.15, 0.2) is 42.6 Å². The number of halogens is 1. The third kappa shape index (κ3) is 3.78. The number of nitrogens with zero attached hydrogens (tertiary/aromatic N) is 5. The third-order valence-electron chi connectivity index (χ3n) is 6.83. The van der Waals surface area contributed by atoms with Crippen molar-refractivity contribution in [1.82, 2.24) is 24.7 Å². The lowest BCUT2D eigenvalue weighted by Gasteiger charge is -2.26. The molecule has 36 heavy (non-hydrogen) atoms. The summed E-state index contributed by atoms with van der Waals surface area (Å²) in [6.45, 7) is 5.25. The fourth-order valence-corrected chi connectivity index (χ4v) is 4.85. The highest BCUT2D eigenvalue weighted by Crippen LogP contribution is 2.42. The lowest BCUT2D eigenvalue weighted by molar-refractivity contribution is -0.119. The van der Waals surface area contributed by atoms with Gasteiger partial charge in [-0.3, -0.25) is 4.79 Å². The molecule has 1 fully saturated rings. The number of benzene rings is 1. The Morgan fingerprint density at radius 3 is 2.89 bits per heavy atom. The molecule has 1 aromatic carbocycles. The van der Waals surface area contributed by atoms with Crippen LogP contribution in [-0.2, 0) is 21.5 Å². The predicted octanol–water partition coefficient (Wildman–Crippen LogP) is 3.90. The molecule has 2 N–H and O–H groups in total. The van der Waals surface area contributed by atoms with Gasteiger partial charge in [0.2, 0.25) is 5.91 Å². The molecule has 0 radical (unpaired) electrons. The second-order valence-corrected chi connectivity index (χ2v) is 9.73. The average molecular weight is 488 g/mol. The number of fused-ring (bicyclic) bond motifs is 2. The van der Waals surface area contributed by atoms with Gasteiger partial charge in [-0.25, -0.2) is 24.0 Å². The normalized spacial score (nSPS) is 18.8. The van der Waals surface area contributed by atoms with Gasteiger partial charge in [-0.2, -0.15) is 5.10 Å². The molecule has 0 saturated carbocycles. The van der Waals surface area contributed by atoms with Crippen LogP contribution in [-0.4, -0.2) is 49.9 Å². The number of hydrogen-bond acceptors (Lipinski definition) is 7. The van der Waals surface area contributed by atoms with Gasteiger partial charge in [-0.05, 0) is 44.9 Å². The van der Waals surface area contributed by atoms with Crippen LogP contribution in [0.1, 0.15) is 37.8 Å². The SMILES string of the molecule is CC1(C)C(=O)Nc2nc(-c3nn(Cc4ccccc4F)c4ncccc34)nc(N[C@@H]3CCCOC3)c21. The largest absolute Gasteiger partial charge is 0.379 e. The molecule has 6 rings (SSSR count). The Hall–Kier alpha value is -3.92. The highest BCUT2D eigenvalue weighted by Gasteiger charge is 2.43. The van der Waals surface area contributed by atoms with Gasteiger partial charge >= 0.3 is 0 Å². The van der Waals surface area contributed by atoms with E-state index in [1.165, 1.54) is 6.07 Å². The first-order valence-electron chi connectivity index (χ1n) is 12.1. The molecule has 0 unspecified atom stereocenters. The molecule has 9 nitrogen and oxygen atoms in total. The minimum Gasteiger partial charge on any atom is -0.379 e. The summed E-state index contributed by atoms with van der Waals surface area (Å²) in [6, 6.07) is 10.4. The summed E-state index contributed by atoms with van der Waals surface area (Å²) in [7, 11) is 0. The van der Waals surface area contributed by atoms with E-state index in [4.69, 9.17) is 19.8 Å². The van der Waals surface area contributed by atoms with Gasteiger partial charge in [0, 0.05) is 18.4 Å². The smallest absolute Gasteiger partial charge is 0.235 e. The third-order valence-corrected chi connectivity index (χ3v) is 6.83. The van der Waals surface area contributed by atoms with Crippen molar-refractivity contribution in [2.24, 2.45) is 0 Å². The van der Waals surface area contributed by atoms with Gasteiger partial charge in [-0.15, -0.1) is 0 Å². The van der Waals surface area contributed by atoms with Gasteiger partial charge < -0.3 is 15.4 Å². The molecular weight excluding hydrogens is 461 g/mol. The summed E-state index contributed by atoms with van der Waals surface area (Å²) in [5.74, 6) is 0.975. The topological polar surface area (TPSA) is 107 Å². The summed E-state index contributed by atoms with van der Waals surface area (Å²) in [6.07, 6.45) is 3.57. The maximum atomic E-state index is 14.4. The minimum atomic E-state index is -0.792. The molecule has 10 heteroatoms. The standard InChI is InChI=1S/C26H26FN7O2/c1-26(2)19-21(29-16-8-6-12-36-14-16)30-23(31-22(19)32-25(26)35)20-17-9-5-11-28-24(17)34(33-20)13-15-7-3-4-10-18(15)27/h3-5,7,9-11,16H,6,8,12-14H2,1-2H3,(H2,29,30,31,32,35)/t16-/m1/s1. The second kappa shape index (κ2) is 8.63. The lowest BCUT2D eigenvalue weighted by Crippen LogP contribution is -2.33. The number of anilines is 2. The van der Waals surface area contributed by atoms with Crippen LogP contribution in [0.2, 0.25) is 0 Å². The fraction of sp³-hybridized carbons (Fsp3) is 0.346. The molecular formula is C26H26FN7O2. The molecule has 0 spiro atoms. The predicted molar refractivity (Wildman–Crippen MR) is 133 cm³/mol. The van der Waals surface area contributed by atoms with E-state index in [-0.39, 0.29) is 24.3 Å². The van der Waals surface area contributed by atoms with E-state index in [0.717, 1.165) is 30.4 Å². The molecule has 2 aliphatic heterocycles. The first kappa shape index (κ1) is 22.5. The Morgan fingerprint density at radius 1 is 1.22 bits per heavy atom. The summed E-state index contributed by atoms with van der Waals surface area (Å²) in [5.41, 5.74) is 1.55. The monoisotopic (exact) mass is 487 g/mol. The number of carbonyl (C=O) groups is 1. The first-order chi connectivity index (χ1) is 17.4. The van der Waals surface area contributed by atoms with E-state index in [9.17, 15) is 9.18 Å². The van der Waals surface area contributed by atoms with Crippen LogP contribution in [0.3, 0.4) is 0 Å². The number of carbonyl (C=O) groups excluding carboxylic acids is 1. The van der Waals surface area contributed by atoms with Gasteiger partial charge in [-0.1, -0.05) is 18.2 Å². The molecule has 4 aromatic rings. The number of hydrogen-bond donors (Lipinski definition) is 2. The molecule has 0 bridgehead atoms. The highest BCUT2D eigenvalue weighted by molar-refractivity contribution is 6.06. The molecule has 1 atom stereocenters. The summed E-state index contributed by atoms with van der Waals surface area (Å²) >= 11 is 0. The van der Waals surface area contributed by atoms with Crippen molar-refractivity contribution >= 4 is 28.6 Å². The number of pyridine rings is 1. The Labute approximate surface area is 207 Å². The van der Waals surface area contributed by atoms with Crippen molar-refractivity contribution in [3.8, 4) is 11.5 Å². The fourth-order valence-electron chi connectivity index (χ4n) is 4.85. The molecule has 5 heterocycles. The van der Waals surface area contributed by atoms with Crippen molar-refractivity contribution in [1.29, 1.82) is 0 Å². The van der Waals surface area contributed by atoms with Gasteiger partial charge in [0.05, 0.1) is 35.6 Å². The van der Waals surface area contributed by atoms with E-state index in [1.54, 1.807) is 29.1 Å². The Morgan fingerprint density at radius 2 is 2.08 bits per heavy atom. The van der Waals surface area contributed by atoms with E-state index >= 15 is 0 Å². The van der Waals surface area contributed by atoms with E-state index in [0.29, 0.717) is 41.0 Å². The molecule has 3 aromatic heterocycles. The van der Waals surface area contributed by atoms with Crippen LogP contribution in [0.5, 0.6) is 0 Å². The molecule has 0 aliphatic carbocycles. The first-order valence-corrected chi connectivity index (χ1v) is 12.1. The van der Waals surface area contributed by atoms with Crippen molar-refractivity contribution in [2.75, 3.05) is 23.8 Å². The molecule has 1 saturated heterocycles. The van der Waals surface area contributed by atoms with Gasteiger partial charge in [0.25, 0.3) is 0 Å². The summed E-state index contributed by atoms with van der Waals surface area (Å²) in [5, 5.41) is 11.9. The van der Waals surface area contributed by atoms with E-state index in [2.05, 4.69) is 15.6 Å². The van der Waals surface area contributed by atoms with Gasteiger partial charge in [0.15, 0.2) is 11.5 Å². The van der Waals surface area contributed by atoms with Crippen LogP contribution < -0.4 is 10.6 Å². The Bertz CT molecular complexity index is 1480. The van der Waals surface area contributed by atoms with Gasteiger partial charge in [0.1, 0.15) is 23.1 Å². The van der Waals surface area contributed by atoms with Crippen molar-refractivity contribution < 1.29 is 13.9 Å². The van der Waals surface area contributed by atoms with Crippen molar-refractivity contribution in [3.05, 3.63) is 59.5 Å². The zero-order valence-corrected chi connectivity index (χ0v) is 20.1.